The third-order valence-electron chi connectivity index (χ3n) is 6.72. The van der Waals surface area contributed by atoms with Crippen molar-refractivity contribution >= 4 is 7.82 Å². The normalized spacial score (nSPS) is 13.1. The summed E-state index contributed by atoms with van der Waals surface area (Å²) in [5.74, 6) is -0.157. The molecule has 4 nitrogen and oxygen atoms in total. The van der Waals surface area contributed by atoms with Crippen molar-refractivity contribution in [2.75, 3.05) is 0 Å². The molecule has 5 rings (SSSR count). The van der Waals surface area contributed by atoms with Gasteiger partial charge in [-0.05, 0) is 59.4 Å². The molecule has 1 N–H and O–H groups in total. The van der Waals surface area contributed by atoms with E-state index in [1.165, 1.54) is 0 Å². The predicted molar refractivity (Wildman–Crippen MR) is 158 cm³/mol. The van der Waals surface area contributed by atoms with E-state index >= 15 is 0 Å². The van der Waals surface area contributed by atoms with Crippen molar-refractivity contribution in [3.05, 3.63) is 151 Å². The molecule has 0 aliphatic rings. The van der Waals surface area contributed by atoms with Crippen LogP contribution in [0.1, 0.15) is 30.9 Å². The van der Waals surface area contributed by atoms with Crippen LogP contribution in [0.3, 0.4) is 0 Å². The van der Waals surface area contributed by atoms with Gasteiger partial charge < -0.3 is 4.52 Å². The highest BCUT2D eigenvalue weighted by molar-refractivity contribution is 7.47. The first-order chi connectivity index (χ1) is 18.8. The average molecular weight is 535 g/mol. The van der Waals surface area contributed by atoms with Crippen LogP contribution in [0.15, 0.2) is 140 Å². The van der Waals surface area contributed by atoms with E-state index in [4.69, 9.17) is 9.05 Å². The van der Waals surface area contributed by atoms with Gasteiger partial charge in [-0.25, -0.2) is 4.57 Å². The van der Waals surface area contributed by atoms with Gasteiger partial charge in [-0.3, -0.25) is 9.42 Å². The van der Waals surface area contributed by atoms with E-state index in [1.807, 2.05) is 80.6 Å². The van der Waals surface area contributed by atoms with Crippen LogP contribution in [0.5, 0.6) is 5.75 Å². The lowest BCUT2D eigenvalue weighted by Gasteiger charge is -2.37. The first-order valence-corrected chi connectivity index (χ1v) is 14.4. The lowest BCUT2D eigenvalue weighted by molar-refractivity contribution is 0.0548. The van der Waals surface area contributed by atoms with Gasteiger partial charge >= 0.3 is 7.82 Å². The van der Waals surface area contributed by atoms with Crippen molar-refractivity contribution in [3.8, 4) is 28.0 Å². The van der Waals surface area contributed by atoms with Crippen LogP contribution < -0.4 is 4.52 Å². The van der Waals surface area contributed by atoms with Crippen molar-refractivity contribution in [1.29, 1.82) is 0 Å². The molecule has 0 spiro atoms. The second-order valence-electron chi connectivity index (χ2n) is 9.91. The van der Waals surface area contributed by atoms with Crippen LogP contribution >= 0.6 is 7.82 Å². The van der Waals surface area contributed by atoms with E-state index in [0.717, 1.165) is 33.4 Å². The topological polar surface area (TPSA) is 55.8 Å². The summed E-state index contributed by atoms with van der Waals surface area (Å²) in [4.78, 5) is 10.9. The monoisotopic (exact) mass is 534 g/mol. The number of hydrogen-bond acceptors (Lipinski definition) is 3. The van der Waals surface area contributed by atoms with E-state index < -0.39 is 19.3 Å². The number of rotatable bonds is 9. The summed E-state index contributed by atoms with van der Waals surface area (Å²) >= 11 is 0. The Labute approximate surface area is 230 Å². The summed E-state index contributed by atoms with van der Waals surface area (Å²) in [6.07, 6.45) is 0. The molecule has 5 heteroatoms. The summed E-state index contributed by atoms with van der Waals surface area (Å²) in [5, 5.41) is 0. The summed E-state index contributed by atoms with van der Waals surface area (Å²) in [6.45, 7) is 3.69. The SMILES string of the molecule is CC(C)(OP(=O)(O)Oc1ccccc1)C(c1ccccc1-c1ccccc1)c1ccccc1-c1ccccc1. The quantitative estimate of drug-likeness (QED) is 0.192. The maximum absolute atomic E-state index is 13.4. The second-order valence-corrected chi connectivity index (χ2v) is 11.2. The Bertz CT molecular complexity index is 1480. The van der Waals surface area contributed by atoms with E-state index in [1.54, 1.807) is 24.3 Å². The zero-order valence-corrected chi connectivity index (χ0v) is 22.9. The number of hydrogen-bond donors (Lipinski definition) is 1. The Hall–Kier alpha value is -3.95. The first-order valence-electron chi connectivity index (χ1n) is 12.9. The molecule has 0 heterocycles. The molecule has 1 unspecified atom stereocenters. The first kappa shape index (κ1) is 26.6. The molecule has 5 aromatic rings. The molecule has 0 fully saturated rings. The van der Waals surface area contributed by atoms with Crippen molar-refractivity contribution in [3.63, 3.8) is 0 Å². The van der Waals surface area contributed by atoms with Gasteiger partial charge in [0, 0.05) is 5.92 Å². The van der Waals surface area contributed by atoms with Gasteiger partial charge in [0.05, 0.1) is 5.60 Å². The molecule has 0 radical (unpaired) electrons. The highest BCUT2D eigenvalue weighted by Gasteiger charge is 2.42. The summed E-state index contributed by atoms with van der Waals surface area (Å²) in [6, 6.07) is 45.2. The highest BCUT2D eigenvalue weighted by Crippen LogP contribution is 2.54. The van der Waals surface area contributed by atoms with Crippen LogP contribution in [0.2, 0.25) is 0 Å². The lowest BCUT2D eigenvalue weighted by Crippen LogP contribution is -2.34. The molecular formula is C34H31O4P. The van der Waals surface area contributed by atoms with Gasteiger partial charge in [0.2, 0.25) is 0 Å². The van der Waals surface area contributed by atoms with E-state index in [9.17, 15) is 9.46 Å². The number of phosphoric acid groups is 1. The Balaban J connectivity index is 1.67. The van der Waals surface area contributed by atoms with Gasteiger partial charge in [-0.15, -0.1) is 0 Å². The molecule has 0 amide bonds. The lowest BCUT2D eigenvalue weighted by atomic mass is 9.74. The van der Waals surface area contributed by atoms with E-state index in [-0.39, 0.29) is 5.75 Å². The zero-order chi connectivity index (χ0) is 27.3. The molecule has 39 heavy (non-hydrogen) atoms. The molecular weight excluding hydrogens is 503 g/mol. The summed E-state index contributed by atoms with van der Waals surface area (Å²) in [5.41, 5.74) is 4.97. The Morgan fingerprint density at radius 1 is 0.590 bits per heavy atom. The second kappa shape index (κ2) is 11.4. The Kier molecular flexibility index (Phi) is 7.81. The summed E-state index contributed by atoms with van der Waals surface area (Å²) in [7, 11) is -4.50. The average Bonchev–Trinajstić information content (AvgIpc) is 2.94. The molecule has 0 saturated heterocycles. The maximum atomic E-state index is 13.4. The Morgan fingerprint density at radius 2 is 0.974 bits per heavy atom. The molecule has 0 aromatic heterocycles. The number of phosphoric ester groups is 1. The van der Waals surface area contributed by atoms with Gasteiger partial charge in [0.15, 0.2) is 0 Å². The van der Waals surface area contributed by atoms with Gasteiger partial charge in [-0.2, -0.15) is 0 Å². The minimum Gasteiger partial charge on any atom is -0.404 e. The highest BCUT2D eigenvalue weighted by atomic mass is 31.2. The van der Waals surface area contributed by atoms with Crippen LogP contribution in [0.25, 0.3) is 22.3 Å². The van der Waals surface area contributed by atoms with Gasteiger partial charge in [0.25, 0.3) is 0 Å². The summed E-state index contributed by atoms with van der Waals surface area (Å²) < 4.78 is 24.9. The van der Waals surface area contributed by atoms with Crippen LogP contribution in [0.4, 0.5) is 0 Å². The molecule has 1 atom stereocenters. The molecule has 0 aliphatic carbocycles. The van der Waals surface area contributed by atoms with Gasteiger partial charge in [0.1, 0.15) is 5.75 Å². The van der Waals surface area contributed by atoms with Crippen molar-refractivity contribution < 1.29 is 18.5 Å². The van der Waals surface area contributed by atoms with Gasteiger partial charge in [-0.1, -0.05) is 127 Å². The third-order valence-corrected chi connectivity index (χ3v) is 7.87. The molecule has 5 aromatic carbocycles. The fraction of sp³-hybridized carbons (Fsp3) is 0.118. The van der Waals surface area contributed by atoms with Crippen molar-refractivity contribution in [2.45, 2.75) is 25.4 Å². The van der Waals surface area contributed by atoms with Crippen molar-refractivity contribution in [1.82, 2.24) is 0 Å². The predicted octanol–water partition coefficient (Wildman–Crippen LogP) is 9.13. The smallest absolute Gasteiger partial charge is 0.404 e. The largest absolute Gasteiger partial charge is 0.527 e. The fourth-order valence-electron chi connectivity index (χ4n) is 5.16. The van der Waals surface area contributed by atoms with Crippen molar-refractivity contribution in [2.24, 2.45) is 0 Å². The van der Waals surface area contributed by atoms with Crippen LogP contribution in [-0.2, 0) is 9.09 Å². The zero-order valence-electron chi connectivity index (χ0n) is 22.0. The minimum absolute atomic E-state index is 0.269. The number of benzene rings is 5. The number of para-hydroxylation sites is 1. The Morgan fingerprint density at radius 3 is 1.44 bits per heavy atom. The van der Waals surface area contributed by atoms with Crippen LogP contribution in [0, 0.1) is 0 Å². The maximum Gasteiger partial charge on any atom is 0.527 e. The van der Waals surface area contributed by atoms with E-state index in [0.29, 0.717) is 0 Å². The molecule has 0 saturated carbocycles. The fourth-order valence-corrected chi connectivity index (χ4v) is 6.28. The minimum atomic E-state index is -4.50. The van der Waals surface area contributed by atoms with Crippen LogP contribution in [-0.4, -0.2) is 10.5 Å². The molecule has 0 bridgehead atoms. The third kappa shape index (κ3) is 6.21. The van der Waals surface area contributed by atoms with E-state index in [2.05, 4.69) is 48.5 Å². The standard InChI is InChI=1S/C34H31O4P/c1-34(2,38-39(35,36)37-28-20-10-5-11-21-28)33(31-24-14-12-22-29(31)26-16-6-3-7-17-26)32-25-15-13-23-30(32)27-18-8-4-9-19-27/h3-25,33H,1-2H3,(H,35,36). The molecule has 196 valence electrons. The molecule has 0 aliphatic heterocycles.